The van der Waals surface area contributed by atoms with Gasteiger partial charge in [0, 0.05) is 11.8 Å². The van der Waals surface area contributed by atoms with Crippen LogP contribution in [0.4, 0.5) is 5.69 Å². The molecular weight excluding hydrogens is 312 g/mol. The largest absolute Gasteiger partial charge is 0.322 e. The second kappa shape index (κ2) is 6.76. The van der Waals surface area contributed by atoms with Crippen molar-refractivity contribution in [3.63, 3.8) is 0 Å². The first-order valence-electron chi connectivity index (χ1n) is 6.95. The summed E-state index contributed by atoms with van der Waals surface area (Å²) in [5.74, 6) is -0.345. The number of carbonyl (C=O) groups is 1. The number of aryl methyl sites for hydroxylation is 1. The van der Waals surface area contributed by atoms with E-state index in [9.17, 15) is 13.2 Å². The average Bonchev–Trinajstić information content (AvgIpc) is 2.49. The molecule has 120 valence electrons. The Morgan fingerprint density at radius 1 is 1.13 bits per heavy atom. The smallest absolute Gasteiger partial charge is 0.248 e. The highest BCUT2D eigenvalue weighted by molar-refractivity contribution is 7.89. The minimum atomic E-state index is -3.82. The van der Waals surface area contributed by atoms with Crippen LogP contribution in [0.1, 0.15) is 16.7 Å². The number of nitrogens with one attached hydrogen (secondary N) is 1. The van der Waals surface area contributed by atoms with Crippen molar-refractivity contribution in [1.82, 2.24) is 0 Å². The van der Waals surface area contributed by atoms with Crippen LogP contribution in [0.5, 0.6) is 0 Å². The summed E-state index contributed by atoms with van der Waals surface area (Å²) in [5.41, 5.74) is 2.85. The predicted molar refractivity (Wildman–Crippen MR) is 91.4 cm³/mol. The Kier molecular flexibility index (Phi) is 4.98. The van der Waals surface area contributed by atoms with Crippen molar-refractivity contribution in [3.05, 3.63) is 65.2 Å². The summed E-state index contributed by atoms with van der Waals surface area (Å²) in [5, 5.41) is 7.84. The number of amides is 1. The maximum atomic E-state index is 12.0. The number of hydrogen-bond donors (Lipinski definition) is 2. The van der Waals surface area contributed by atoms with Gasteiger partial charge >= 0.3 is 0 Å². The van der Waals surface area contributed by atoms with Crippen molar-refractivity contribution in [2.45, 2.75) is 18.7 Å². The molecule has 0 unspecified atom stereocenters. The highest BCUT2D eigenvalue weighted by Gasteiger charge is 2.13. The van der Waals surface area contributed by atoms with Gasteiger partial charge in [-0.2, -0.15) is 0 Å². The van der Waals surface area contributed by atoms with Crippen LogP contribution in [-0.2, 0) is 14.8 Å². The lowest BCUT2D eigenvalue weighted by molar-refractivity contribution is -0.111. The second-order valence-corrected chi connectivity index (χ2v) is 6.75. The normalized spacial score (nSPS) is 11.6. The van der Waals surface area contributed by atoms with E-state index >= 15 is 0 Å². The summed E-state index contributed by atoms with van der Waals surface area (Å²) in [6.07, 6.45) is 3.08. The van der Waals surface area contributed by atoms with Crippen LogP contribution in [-0.4, -0.2) is 14.3 Å². The van der Waals surface area contributed by atoms with Crippen LogP contribution < -0.4 is 10.5 Å². The van der Waals surface area contributed by atoms with Crippen LogP contribution in [0.15, 0.2) is 53.4 Å². The number of hydrogen-bond acceptors (Lipinski definition) is 3. The minimum absolute atomic E-state index is 0.0251. The highest BCUT2D eigenvalue weighted by Crippen LogP contribution is 2.23. The molecule has 3 N–H and O–H groups in total. The molecule has 6 heteroatoms. The number of carbonyl (C=O) groups excluding carboxylic acids is 1. The molecule has 2 rings (SSSR count). The van der Waals surface area contributed by atoms with E-state index in [0.717, 1.165) is 16.7 Å². The van der Waals surface area contributed by atoms with E-state index in [0.29, 0.717) is 5.69 Å². The number of rotatable bonds is 4. The molecule has 0 aliphatic rings. The molecule has 0 radical (unpaired) electrons. The molecule has 1 amide bonds. The maximum Gasteiger partial charge on any atom is 0.248 e. The Morgan fingerprint density at radius 2 is 1.78 bits per heavy atom. The Morgan fingerprint density at radius 3 is 2.39 bits per heavy atom. The average molecular weight is 330 g/mol. The van der Waals surface area contributed by atoms with Crippen LogP contribution in [0.2, 0.25) is 0 Å². The zero-order valence-corrected chi connectivity index (χ0v) is 13.7. The van der Waals surface area contributed by atoms with E-state index in [1.54, 1.807) is 19.9 Å². The highest BCUT2D eigenvalue weighted by atomic mass is 32.2. The van der Waals surface area contributed by atoms with E-state index in [1.165, 1.54) is 18.2 Å². The maximum absolute atomic E-state index is 12.0. The molecule has 2 aromatic rings. The summed E-state index contributed by atoms with van der Waals surface area (Å²) in [6, 6.07) is 12.2. The predicted octanol–water partition coefficient (Wildman–Crippen LogP) is 2.60. The minimum Gasteiger partial charge on any atom is -0.322 e. The molecule has 5 nitrogen and oxygen atoms in total. The van der Waals surface area contributed by atoms with Gasteiger partial charge in [0.25, 0.3) is 0 Å². The third-order valence-corrected chi connectivity index (χ3v) is 4.35. The SMILES string of the molecule is Cc1cc(S(N)(=O)=O)cc(NC(=O)/C=C/c2ccccc2)c1C. The second-order valence-electron chi connectivity index (χ2n) is 5.19. The lowest BCUT2D eigenvalue weighted by atomic mass is 10.1. The lowest BCUT2D eigenvalue weighted by Crippen LogP contribution is -2.15. The summed E-state index contributed by atoms with van der Waals surface area (Å²) in [6.45, 7) is 3.57. The van der Waals surface area contributed by atoms with E-state index in [4.69, 9.17) is 5.14 Å². The van der Waals surface area contributed by atoms with E-state index in [-0.39, 0.29) is 10.8 Å². The van der Waals surface area contributed by atoms with Gasteiger partial charge in [0.2, 0.25) is 15.9 Å². The third-order valence-electron chi connectivity index (χ3n) is 3.45. The van der Waals surface area contributed by atoms with E-state index in [1.807, 2.05) is 30.3 Å². The summed E-state index contributed by atoms with van der Waals surface area (Å²) in [7, 11) is -3.82. The topological polar surface area (TPSA) is 89.3 Å². The van der Waals surface area contributed by atoms with Gasteiger partial charge in [-0.15, -0.1) is 0 Å². The van der Waals surface area contributed by atoms with Gasteiger partial charge in [0.15, 0.2) is 0 Å². The van der Waals surface area contributed by atoms with Crippen molar-refractivity contribution in [3.8, 4) is 0 Å². The molecule has 2 aromatic carbocycles. The van der Waals surface area contributed by atoms with Crippen molar-refractivity contribution < 1.29 is 13.2 Å². The number of primary sulfonamides is 1. The fraction of sp³-hybridized carbons (Fsp3) is 0.118. The molecule has 0 aromatic heterocycles. The quantitative estimate of drug-likeness (QED) is 0.844. The van der Waals surface area contributed by atoms with Crippen molar-refractivity contribution in [2.24, 2.45) is 5.14 Å². The van der Waals surface area contributed by atoms with Crippen LogP contribution in [0, 0.1) is 13.8 Å². The van der Waals surface area contributed by atoms with Gasteiger partial charge in [-0.05, 0) is 48.7 Å². The molecule has 0 saturated carbocycles. The molecule has 0 atom stereocenters. The molecule has 0 aliphatic carbocycles. The molecule has 0 bridgehead atoms. The molecule has 23 heavy (non-hydrogen) atoms. The van der Waals surface area contributed by atoms with Gasteiger partial charge in [-0.1, -0.05) is 30.3 Å². The fourth-order valence-electron chi connectivity index (χ4n) is 2.03. The number of sulfonamides is 1. The molecule has 0 saturated heterocycles. The van der Waals surface area contributed by atoms with Crippen molar-refractivity contribution in [2.75, 3.05) is 5.32 Å². The van der Waals surface area contributed by atoms with Gasteiger partial charge in [0.1, 0.15) is 0 Å². The molecule has 0 heterocycles. The zero-order valence-electron chi connectivity index (χ0n) is 12.9. The lowest BCUT2D eigenvalue weighted by Gasteiger charge is -2.11. The first-order chi connectivity index (χ1) is 10.8. The summed E-state index contributed by atoms with van der Waals surface area (Å²) >= 11 is 0. The summed E-state index contributed by atoms with van der Waals surface area (Å²) < 4.78 is 23.0. The van der Waals surface area contributed by atoms with Crippen LogP contribution in [0.25, 0.3) is 6.08 Å². The third kappa shape index (κ3) is 4.51. The van der Waals surface area contributed by atoms with E-state index in [2.05, 4.69) is 5.32 Å². The molecular formula is C17H18N2O3S. The molecule has 0 spiro atoms. The first kappa shape index (κ1) is 16.9. The Hall–Kier alpha value is -2.44. The number of nitrogens with two attached hydrogens (primary N) is 1. The van der Waals surface area contributed by atoms with E-state index < -0.39 is 10.0 Å². The monoisotopic (exact) mass is 330 g/mol. The number of anilines is 1. The van der Waals surface area contributed by atoms with Gasteiger partial charge in [-0.3, -0.25) is 4.79 Å². The molecule has 0 fully saturated rings. The van der Waals surface area contributed by atoms with Gasteiger partial charge in [0.05, 0.1) is 4.90 Å². The Balaban J connectivity index is 2.24. The first-order valence-corrected chi connectivity index (χ1v) is 8.50. The zero-order chi connectivity index (χ0) is 17.0. The Bertz CT molecular complexity index is 857. The standard InChI is InChI=1S/C17H18N2O3S/c1-12-10-15(23(18,21)22)11-16(13(12)2)19-17(20)9-8-14-6-4-3-5-7-14/h3-11H,1-2H3,(H,19,20)(H2,18,21,22)/b9-8+. The van der Waals surface area contributed by atoms with Crippen LogP contribution >= 0.6 is 0 Å². The van der Waals surface area contributed by atoms with Crippen LogP contribution in [0.3, 0.4) is 0 Å². The van der Waals surface area contributed by atoms with Gasteiger partial charge in [-0.25, -0.2) is 13.6 Å². The Labute approximate surface area is 135 Å². The summed E-state index contributed by atoms with van der Waals surface area (Å²) in [4.78, 5) is 12.0. The van der Waals surface area contributed by atoms with Gasteiger partial charge < -0.3 is 5.32 Å². The molecule has 0 aliphatic heterocycles. The fourth-order valence-corrected chi connectivity index (χ4v) is 2.65. The van der Waals surface area contributed by atoms with Crippen molar-refractivity contribution >= 4 is 27.7 Å². The van der Waals surface area contributed by atoms with Crippen molar-refractivity contribution in [1.29, 1.82) is 0 Å². The number of benzene rings is 2.